The highest BCUT2D eigenvalue weighted by molar-refractivity contribution is 5.34. The van der Waals surface area contributed by atoms with Crippen LogP contribution in [0.3, 0.4) is 0 Å². The number of hydrogen-bond acceptors (Lipinski definition) is 3. The normalized spacial score (nSPS) is 9.93. The number of hydrogen-bond donors (Lipinski definition) is 0. The minimum Gasteiger partial charge on any atom is -0.207 e. The summed E-state index contributed by atoms with van der Waals surface area (Å²) < 4.78 is 14.3. The summed E-state index contributed by atoms with van der Waals surface area (Å²) in [5.74, 6) is 0.262. The lowest BCUT2D eigenvalue weighted by molar-refractivity contribution is 0.625. The Kier molecular flexibility index (Phi) is 2.18. The Morgan fingerprint density at radius 1 is 1.47 bits per heavy atom. The van der Waals surface area contributed by atoms with Crippen LogP contribution in [0.2, 0.25) is 0 Å². The standard InChI is InChI=1S/C10H7FN4/c1-7-13-10(6-12)15(14-7)9-4-2-3-8(11)5-9/h2-5H,1H3. The molecule has 0 amide bonds. The Bertz CT molecular complexity index is 539. The third-order valence-corrected chi connectivity index (χ3v) is 1.87. The molecule has 1 aromatic carbocycles. The highest BCUT2D eigenvalue weighted by atomic mass is 19.1. The minimum absolute atomic E-state index is 0.151. The summed E-state index contributed by atoms with van der Waals surface area (Å²) >= 11 is 0. The molecular weight excluding hydrogens is 195 g/mol. The van der Waals surface area contributed by atoms with Crippen molar-refractivity contribution < 1.29 is 4.39 Å². The van der Waals surface area contributed by atoms with E-state index < -0.39 is 0 Å². The molecule has 0 bridgehead atoms. The summed E-state index contributed by atoms with van der Waals surface area (Å²) in [4.78, 5) is 3.90. The van der Waals surface area contributed by atoms with Gasteiger partial charge in [-0.25, -0.2) is 14.1 Å². The van der Waals surface area contributed by atoms with Crippen LogP contribution in [0.1, 0.15) is 11.6 Å². The van der Waals surface area contributed by atoms with Gasteiger partial charge in [0.15, 0.2) is 0 Å². The van der Waals surface area contributed by atoms with E-state index in [0.717, 1.165) is 0 Å². The van der Waals surface area contributed by atoms with E-state index in [0.29, 0.717) is 11.5 Å². The van der Waals surface area contributed by atoms with Crippen LogP contribution < -0.4 is 0 Å². The molecule has 0 N–H and O–H groups in total. The van der Waals surface area contributed by atoms with Crippen LogP contribution >= 0.6 is 0 Å². The number of benzene rings is 1. The second kappa shape index (κ2) is 3.50. The number of halogens is 1. The van der Waals surface area contributed by atoms with Crippen molar-refractivity contribution in [2.45, 2.75) is 6.92 Å². The van der Waals surface area contributed by atoms with E-state index in [9.17, 15) is 4.39 Å². The van der Waals surface area contributed by atoms with Crippen molar-refractivity contribution in [3.8, 4) is 11.8 Å². The predicted molar refractivity (Wildman–Crippen MR) is 50.8 cm³/mol. The molecule has 1 heterocycles. The van der Waals surface area contributed by atoms with Crippen LogP contribution in [0.5, 0.6) is 0 Å². The molecule has 0 saturated heterocycles. The molecule has 1 aromatic heterocycles. The lowest BCUT2D eigenvalue weighted by atomic mass is 10.3. The molecule has 0 aliphatic heterocycles. The summed E-state index contributed by atoms with van der Waals surface area (Å²) in [6.45, 7) is 1.68. The molecule has 74 valence electrons. The maximum absolute atomic E-state index is 13.0. The van der Waals surface area contributed by atoms with Gasteiger partial charge in [-0.05, 0) is 25.1 Å². The first kappa shape index (κ1) is 9.34. The number of aromatic nitrogens is 3. The molecule has 0 radical (unpaired) electrons. The van der Waals surface area contributed by atoms with Crippen LogP contribution in [0.15, 0.2) is 24.3 Å². The summed E-state index contributed by atoms with van der Waals surface area (Å²) in [5.41, 5.74) is 0.493. The Balaban J connectivity index is 2.59. The molecule has 4 nitrogen and oxygen atoms in total. The highest BCUT2D eigenvalue weighted by Crippen LogP contribution is 2.10. The zero-order valence-electron chi connectivity index (χ0n) is 7.98. The number of aryl methyl sites for hydroxylation is 1. The SMILES string of the molecule is Cc1nc(C#N)n(-c2cccc(F)c2)n1. The van der Waals surface area contributed by atoms with Gasteiger partial charge in [0.1, 0.15) is 17.7 Å². The van der Waals surface area contributed by atoms with Gasteiger partial charge in [0.2, 0.25) is 5.82 Å². The van der Waals surface area contributed by atoms with E-state index in [2.05, 4.69) is 10.1 Å². The first-order valence-electron chi connectivity index (χ1n) is 4.30. The first-order valence-corrected chi connectivity index (χ1v) is 4.30. The summed E-state index contributed by atoms with van der Waals surface area (Å²) in [5, 5.41) is 12.8. The van der Waals surface area contributed by atoms with Crippen molar-refractivity contribution in [2.75, 3.05) is 0 Å². The number of rotatable bonds is 1. The van der Waals surface area contributed by atoms with E-state index in [4.69, 9.17) is 5.26 Å². The van der Waals surface area contributed by atoms with Crippen LogP contribution in [-0.2, 0) is 0 Å². The van der Waals surface area contributed by atoms with Crippen molar-refractivity contribution >= 4 is 0 Å². The van der Waals surface area contributed by atoms with Gasteiger partial charge in [0.05, 0.1) is 5.69 Å². The lowest BCUT2D eigenvalue weighted by Gasteiger charge is -2.00. The van der Waals surface area contributed by atoms with Crippen molar-refractivity contribution in [1.82, 2.24) is 14.8 Å². The smallest absolute Gasteiger partial charge is 0.207 e. The highest BCUT2D eigenvalue weighted by Gasteiger charge is 2.08. The molecule has 2 aromatic rings. The van der Waals surface area contributed by atoms with Gasteiger partial charge in [-0.1, -0.05) is 6.07 Å². The van der Waals surface area contributed by atoms with Gasteiger partial charge < -0.3 is 0 Å². The molecular formula is C10H7FN4. The lowest BCUT2D eigenvalue weighted by Crippen LogP contribution is -2.00. The summed E-state index contributed by atoms with van der Waals surface area (Å²) in [6.07, 6.45) is 0. The quantitative estimate of drug-likeness (QED) is 0.705. The van der Waals surface area contributed by atoms with E-state index >= 15 is 0 Å². The van der Waals surface area contributed by atoms with E-state index in [1.54, 1.807) is 19.1 Å². The Labute approximate surface area is 85.6 Å². The van der Waals surface area contributed by atoms with E-state index in [-0.39, 0.29) is 11.6 Å². The zero-order chi connectivity index (χ0) is 10.8. The first-order chi connectivity index (χ1) is 7.20. The van der Waals surface area contributed by atoms with Gasteiger partial charge in [0.25, 0.3) is 0 Å². The third kappa shape index (κ3) is 1.70. The number of nitriles is 1. The van der Waals surface area contributed by atoms with Crippen LogP contribution in [0.4, 0.5) is 4.39 Å². The second-order valence-electron chi connectivity index (χ2n) is 2.99. The van der Waals surface area contributed by atoms with Crippen LogP contribution in [0, 0.1) is 24.1 Å². The average molecular weight is 202 g/mol. The fraction of sp³-hybridized carbons (Fsp3) is 0.100. The molecule has 15 heavy (non-hydrogen) atoms. The summed E-state index contributed by atoms with van der Waals surface area (Å²) in [6, 6.07) is 7.76. The summed E-state index contributed by atoms with van der Waals surface area (Å²) in [7, 11) is 0. The molecule has 0 unspecified atom stereocenters. The van der Waals surface area contributed by atoms with Crippen molar-refractivity contribution in [1.29, 1.82) is 5.26 Å². The minimum atomic E-state index is -0.371. The molecule has 0 aliphatic rings. The van der Waals surface area contributed by atoms with E-state index in [1.165, 1.54) is 16.8 Å². The molecule has 0 spiro atoms. The second-order valence-corrected chi connectivity index (χ2v) is 2.99. The fourth-order valence-corrected chi connectivity index (χ4v) is 1.28. The zero-order valence-corrected chi connectivity index (χ0v) is 7.98. The van der Waals surface area contributed by atoms with Gasteiger partial charge in [-0.2, -0.15) is 10.4 Å². The van der Waals surface area contributed by atoms with Gasteiger partial charge in [-0.3, -0.25) is 0 Å². The van der Waals surface area contributed by atoms with E-state index in [1.807, 2.05) is 6.07 Å². The number of nitrogens with zero attached hydrogens (tertiary/aromatic N) is 4. The Morgan fingerprint density at radius 3 is 2.93 bits per heavy atom. The topological polar surface area (TPSA) is 54.5 Å². The van der Waals surface area contributed by atoms with Crippen LogP contribution in [-0.4, -0.2) is 14.8 Å². The molecule has 0 aliphatic carbocycles. The van der Waals surface area contributed by atoms with Gasteiger partial charge in [-0.15, -0.1) is 0 Å². The maximum Gasteiger partial charge on any atom is 0.235 e. The predicted octanol–water partition coefficient (Wildman–Crippen LogP) is 1.59. The Hall–Kier alpha value is -2.22. The largest absolute Gasteiger partial charge is 0.235 e. The van der Waals surface area contributed by atoms with Crippen molar-refractivity contribution in [3.63, 3.8) is 0 Å². The molecule has 0 fully saturated rings. The van der Waals surface area contributed by atoms with Crippen LogP contribution in [0.25, 0.3) is 5.69 Å². The fourth-order valence-electron chi connectivity index (χ4n) is 1.28. The average Bonchev–Trinajstić information content (AvgIpc) is 2.59. The molecule has 0 saturated carbocycles. The monoisotopic (exact) mass is 202 g/mol. The molecule has 0 atom stereocenters. The Morgan fingerprint density at radius 2 is 2.27 bits per heavy atom. The van der Waals surface area contributed by atoms with Crippen molar-refractivity contribution in [2.24, 2.45) is 0 Å². The molecule has 5 heteroatoms. The van der Waals surface area contributed by atoms with Gasteiger partial charge >= 0.3 is 0 Å². The molecule has 2 rings (SSSR count). The third-order valence-electron chi connectivity index (χ3n) is 1.87. The van der Waals surface area contributed by atoms with Crippen molar-refractivity contribution in [3.05, 3.63) is 41.7 Å². The maximum atomic E-state index is 13.0. The van der Waals surface area contributed by atoms with Gasteiger partial charge in [0, 0.05) is 0 Å².